The molecular formula is C21H15F9N6O5S2. The molecule has 1 aromatic carbocycles. The third kappa shape index (κ3) is 8.01. The fourth-order valence-corrected chi connectivity index (χ4v) is 5.07. The number of aromatic carboxylic acids is 1. The predicted octanol–water partition coefficient (Wildman–Crippen LogP) is 4.75. The molecule has 22 heteroatoms. The molecule has 0 aliphatic carbocycles. The van der Waals surface area contributed by atoms with Gasteiger partial charge in [0.2, 0.25) is 10.0 Å². The molecule has 0 bridgehead atoms. The van der Waals surface area contributed by atoms with Crippen molar-refractivity contribution in [1.29, 1.82) is 0 Å². The van der Waals surface area contributed by atoms with Gasteiger partial charge in [0, 0.05) is 5.56 Å². The zero-order chi connectivity index (χ0) is 32.7. The molecule has 0 amide bonds. The van der Waals surface area contributed by atoms with Crippen molar-refractivity contribution in [2.75, 3.05) is 12.3 Å². The molecular weight excluding hydrogens is 651 g/mol. The zero-order valence-corrected chi connectivity index (χ0v) is 22.5. The van der Waals surface area contributed by atoms with E-state index in [1.54, 1.807) is 6.92 Å². The van der Waals surface area contributed by atoms with Crippen LogP contribution in [0.2, 0.25) is 0 Å². The lowest BCUT2D eigenvalue weighted by atomic mass is 10.1. The van der Waals surface area contributed by atoms with Gasteiger partial charge in [0.05, 0.1) is 23.1 Å². The van der Waals surface area contributed by atoms with E-state index in [-0.39, 0.29) is 13.9 Å². The van der Waals surface area contributed by atoms with E-state index in [1.165, 1.54) is 0 Å². The van der Waals surface area contributed by atoms with Gasteiger partial charge in [-0.2, -0.15) is 44.6 Å². The number of sulfonamides is 1. The molecule has 234 valence electrons. The van der Waals surface area contributed by atoms with E-state index in [4.69, 9.17) is 16.0 Å². The normalized spacial score (nSPS) is 12.6. The van der Waals surface area contributed by atoms with Crippen LogP contribution < -0.4 is 15.6 Å². The Morgan fingerprint density at radius 2 is 1.67 bits per heavy atom. The Bertz CT molecular complexity index is 1780. The Labute approximate surface area is 237 Å². The number of carboxylic acid groups (broad SMARTS) is 1. The lowest BCUT2D eigenvalue weighted by Crippen LogP contribution is -2.21. The molecule has 5 N–H and O–H groups in total. The Hall–Kier alpha value is -4.18. The van der Waals surface area contributed by atoms with Gasteiger partial charge in [0.1, 0.15) is 11.3 Å². The highest BCUT2D eigenvalue weighted by Crippen LogP contribution is 2.40. The van der Waals surface area contributed by atoms with Gasteiger partial charge < -0.3 is 15.6 Å². The number of nitrogen functional groups attached to an aromatic ring is 1. The van der Waals surface area contributed by atoms with Crippen LogP contribution in [0.15, 0.2) is 34.7 Å². The van der Waals surface area contributed by atoms with Crippen LogP contribution in [0.4, 0.5) is 44.6 Å². The molecule has 43 heavy (non-hydrogen) atoms. The number of nitrogens with zero attached hydrogens (tertiary/aromatic N) is 4. The number of halogens is 9. The minimum absolute atomic E-state index is 0.0370. The lowest BCUT2D eigenvalue weighted by Gasteiger charge is -2.17. The summed E-state index contributed by atoms with van der Waals surface area (Å²) in [5, 5.41) is 17.5. The molecule has 0 radical (unpaired) electrons. The summed E-state index contributed by atoms with van der Waals surface area (Å²) >= 11 is 0.875. The minimum atomic E-state index is -5.13. The first-order chi connectivity index (χ1) is 19.5. The topological polar surface area (TPSA) is 176 Å². The monoisotopic (exact) mass is 666 g/mol. The predicted molar refractivity (Wildman–Crippen MR) is 130 cm³/mol. The number of nitrogens with two attached hydrogens (primary N) is 2. The van der Waals surface area contributed by atoms with Crippen LogP contribution in [-0.4, -0.2) is 51.9 Å². The van der Waals surface area contributed by atoms with Crippen molar-refractivity contribution in [2.24, 2.45) is 5.14 Å². The van der Waals surface area contributed by atoms with Gasteiger partial charge in [0.25, 0.3) is 0 Å². The third-order valence-electron chi connectivity index (χ3n) is 5.00. The smallest absolute Gasteiger partial charge is 0.433 e. The Kier molecular flexibility index (Phi) is 8.90. The number of rotatable bonds is 5. The summed E-state index contributed by atoms with van der Waals surface area (Å²) in [6.07, 6.45) is -14.6. The van der Waals surface area contributed by atoms with Crippen molar-refractivity contribution in [3.8, 4) is 17.0 Å². The fraction of sp³-hybridized carbons (Fsp3) is 0.238. The number of aryl methyl sites for hydroxylation is 1. The number of primary sulfonamides is 1. The van der Waals surface area contributed by atoms with Gasteiger partial charge in [0.15, 0.2) is 27.3 Å². The first-order valence-corrected chi connectivity index (χ1v) is 13.2. The number of aromatic nitrogens is 4. The molecule has 4 aromatic rings. The lowest BCUT2D eigenvalue weighted by molar-refractivity contribution is -0.158. The van der Waals surface area contributed by atoms with Gasteiger partial charge in [-0.15, -0.1) is 0 Å². The van der Waals surface area contributed by atoms with Crippen LogP contribution in [0, 0.1) is 6.92 Å². The summed E-state index contributed by atoms with van der Waals surface area (Å²) in [5.74, 6) is -2.98. The highest BCUT2D eigenvalue weighted by atomic mass is 32.2. The quantitative estimate of drug-likeness (QED) is 0.254. The highest BCUT2D eigenvalue weighted by Gasteiger charge is 2.38. The number of hydrogen-bond acceptors (Lipinski definition) is 9. The number of anilines is 1. The average molecular weight is 667 g/mol. The van der Waals surface area contributed by atoms with E-state index in [0.29, 0.717) is 36.2 Å². The number of ether oxygens (including phenoxy) is 1. The van der Waals surface area contributed by atoms with Crippen LogP contribution >= 0.6 is 11.3 Å². The number of fused-ring (bicyclic) bond motifs is 1. The molecule has 0 fully saturated rings. The summed E-state index contributed by atoms with van der Waals surface area (Å²) in [6, 6.07) is 1.78. The van der Waals surface area contributed by atoms with Gasteiger partial charge >= 0.3 is 24.5 Å². The fourth-order valence-electron chi connectivity index (χ4n) is 3.32. The average Bonchev–Trinajstić information content (AvgIpc) is 3.43. The minimum Gasteiger partial charge on any atom is -0.483 e. The summed E-state index contributed by atoms with van der Waals surface area (Å²) in [6.45, 7) is -0.543. The SMILES string of the molecule is Cc1nc(N)sc1S(N)(=O)=O.O=C(O)c1cnn2c(C(F)(F)F)cc(-c3ccc(C(F)(F)F)c(OCC(F)(F)F)c3)nc12. The highest BCUT2D eigenvalue weighted by molar-refractivity contribution is 7.91. The van der Waals surface area contributed by atoms with E-state index in [0.717, 1.165) is 11.3 Å². The molecule has 0 saturated carbocycles. The van der Waals surface area contributed by atoms with Crippen molar-refractivity contribution in [1.82, 2.24) is 19.6 Å². The van der Waals surface area contributed by atoms with Crippen LogP contribution in [0.3, 0.4) is 0 Å². The Morgan fingerprint density at radius 1 is 1.05 bits per heavy atom. The molecule has 3 aromatic heterocycles. The third-order valence-corrected chi connectivity index (χ3v) is 7.54. The summed E-state index contributed by atoms with van der Waals surface area (Å²) in [5.41, 5.74) is -0.160. The van der Waals surface area contributed by atoms with Crippen molar-refractivity contribution < 1.29 is 62.6 Å². The maximum absolute atomic E-state index is 13.4. The molecule has 3 heterocycles. The second kappa shape index (κ2) is 11.5. The number of carboxylic acids is 1. The van der Waals surface area contributed by atoms with E-state index in [9.17, 15) is 52.7 Å². The van der Waals surface area contributed by atoms with E-state index in [1.807, 2.05) is 0 Å². The number of hydrogen-bond donors (Lipinski definition) is 3. The van der Waals surface area contributed by atoms with Gasteiger partial charge in [-0.05, 0) is 25.1 Å². The maximum Gasteiger partial charge on any atom is 0.433 e. The second-order valence-electron chi connectivity index (χ2n) is 8.21. The number of alkyl halides is 9. The maximum atomic E-state index is 13.4. The van der Waals surface area contributed by atoms with E-state index in [2.05, 4.69) is 19.8 Å². The van der Waals surface area contributed by atoms with Gasteiger partial charge in [-0.3, -0.25) is 0 Å². The molecule has 0 saturated heterocycles. The molecule has 0 aliphatic heterocycles. The van der Waals surface area contributed by atoms with Crippen molar-refractivity contribution >= 4 is 38.1 Å². The van der Waals surface area contributed by atoms with Crippen LogP contribution in [0.1, 0.15) is 27.3 Å². The van der Waals surface area contributed by atoms with E-state index >= 15 is 0 Å². The molecule has 0 aliphatic rings. The first-order valence-electron chi connectivity index (χ1n) is 10.8. The van der Waals surface area contributed by atoms with Crippen LogP contribution in [-0.2, 0) is 22.4 Å². The van der Waals surface area contributed by atoms with Crippen molar-refractivity contribution in [2.45, 2.75) is 29.7 Å². The Morgan fingerprint density at radius 3 is 2.12 bits per heavy atom. The summed E-state index contributed by atoms with van der Waals surface area (Å²) < 4.78 is 143. The summed E-state index contributed by atoms with van der Waals surface area (Å²) in [7, 11) is -3.64. The van der Waals surface area contributed by atoms with Crippen LogP contribution in [0.5, 0.6) is 5.75 Å². The Balaban J connectivity index is 0.000000386. The molecule has 0 atom stereocenters. The molecule has 0 unspecified atom stereocenters. The second-order valence-corrected chi connectivity index (χ2v) is 11.0. The molecule has 4 rings (SSSR count). The van der Waals surface area contributed by atoms with Crippen LogP contribution in [0.25, 0.3) is 16.9 Å². The number of thiazole rings is 1. The number of carbonyl (C=O) groups is 1. The van der Waals surface area contributed by atoms with E-state index < -0.39 is 80.6 Å². The molecule has 11 nitrogen and oxygen atoms in total. The number of benzene rings is 1. The standard InChI is InChI=1S/C17H8F9N3O3.C4H7N3O2S2/c18-15(19,20)6-32-11-3-7(1-2-9(11)16(21,22)23)10-4-12(17(24,25)26)29-13(28-10)8(5-27-29)14(30)31;1-2-3(11(6,8)9)10-4(5)7-2/h1-5H,6H2,(H,30,31);1H3,(H2,5,7)(H2,6,8,9). The zero-order valence-electron chi connectivity index (χ0n) is 20.8. The van der Waals surface area contributed by atoms with Crippen molar-refractivity contribution in [3.05, 3.63) is 53.0 Å². The summed E-state index contributed by atoms with van der Waals surface area (Å²) in [4.78, 5) is 18.7. The van der Waals surface area contributed by atoms with Gasteiger partial charge in [-0.25, -0.2) is 32.8 Å². The first kappa shape index (κ1) is 33.3. The molecule has 0 spiro atoms. The largest absolute Gasteiger partial charge is 0.483 e. The van der Waals surface area contributed by atoms with Gasteiger partial charge in [-0.1, -0.05) is 17.4 Å². The van der Waals surface area contributed by atoms with Crippen molar-refractivity contribution in [3.63, 3.8) is 0 Å².